The van der Waals surface area contributed by atoms with Crippen molar-refractivity contribution in [1.29, 1.82) is 0 Å². The molecule has 20 nitrogen and oxygen atoms in total. The lowest BCUT2D eigenvalue weighted by atomic mass is 10.1. The van der Waals surface area contributed by atoms with Gasteiger partial charge < -0.3 is 41.7 Å². The van der Waals surface area contributed by atoms with E-state index in [2.05, 4.69) is 83.7 Å². The predicted octanol–water partition coefficient (Wildman–Crippen LogP) is 14.2. The number of benzene rings is 8. The molecule has 0 radical (unpaired) electrons. The molecule has 107 heavy (non-hydrogen) atoms. The number of nitrogens with one attached hydrogen (secondary N) is 4. The van der Waals surface area contributed by atoms with Crippen LogP contribution in [-0.2, 0) is 60.1 Å². The summed E-state index contributed by atoms with van der Waals surface area (Å²) in [6.45, 7) is 6.73. The van der Waals surface area contributed by atoms with E-state index in [-0.39, 0.29) is 56.2 Å². The minimum Gasteiger partial charge on any atom is -0.392 e. The fraction of sp³-hybridized carbons (Fsp3) is 0.139. The van der Waals surface area contributed by atoms with Gasteiger partial charge in [0.05, 0.1) is 116 Å². The van der Waals surface area contributed by atoms with E-state index in [4.69, 9.17) is 20.4 Å². The number of aliphatic hydroxyl groups is 4. The number of aliphatic hydroxyl groups excluding tert-OH is 4. The molecule has 4 amide bonds. The van der Waals surface area contributed by atoms with E-state index < -0.39 is 64.5 Å². The largest absolute Gasteiger partial charge is 0.392 e. The number of halogens is 8. The lowest BCUT2D eigenvalue weighted by Gasteiger charge is -2.11. The Hall–Kier alpha value is -12.0. The first-order chi connectivity index (χ1) is 51.4. The van der Waals surface area contributed by atoms with E-state index in [1.54, 1.807) is 74.8 Å². The van der Waals surface area contributed by atoms with Crippen LogP contribution in [-0.4, -0.2) is 83.9 Å². The molecule has 8 N–H and O–H groups in total. The quantitative estimate of drug-likeness (QED) is 0.0161. The number of aryl methyl sites for hydroxylation is 4. The zero-order valence-corrected chi connectivity index (χ0v) is 59.6. The normalized spacial score (nSPS) is 10.7. The molecule has 0 unspecified atom stereocenters. The van der Waals surface area contributed by atoms with Gasteiger partial charge in [-0.2, -0.15) is 0 Å². The molecule has 0 aliphatic heterocycles. The molecule has 546 valence electrons. The van der Waals surface area contributed by atoms with Gasteiger partial charge in [-0.05, 0) is 120 Å². The molecular weight excluding hydrogens is 1500 g/mol. The first-order valence-corrected chi connectivity index (χ1v) is 33.6. The maximum Gasteiger partial charge on any atom is 0.256 e. The predicted molar refractivity (Wildman–Crippen MR) is 396 cm³/mol. The molecule has 4 heterocycles. The Morgan fingerprint density at radius 1 is 0.346 bits per heavy atom. The number of rotatable bonds is 19. The summed E-state index contributed by atoms with van der Waals surface area (Å²) in [6.07, 6.45) is 5.24. The van der Waals surface area contributed by atoms with Gasteiger partial charge in [0.2, 0.25) is 23.5 Å². The summed E-state index contributed by atoms with van der Waals surface area (Å²) < 4.78 is 94.4. The molecule has 0 atom stereocenters. The summed E-state index contributed by atoms with van der Waals surface area (Å²) in [7, 11) is 0. The van der Waals surface area contributed by atoms with Crippen LogP contribution in [0.2, 0.25) is 0 Å². The molecule has 4 aromatic heterocycles. The zero-order chi connectivity index (χ0) is 76.8. The Labute approximate surface area is 622 Å². The second-order valence-corrected chi connectivity index (χ2v) is 24.8. The Kier molecular flexibility index (Phi) is 27.9. The fourth-order valence-corrected chi connectivity index (χ4v) is 10.3. The highest BCUT2D eigenvalue weighted by Gasteiger charge is 2.27. The van der Waals surface area contributed by atoms with Crippen LogP contribution in [0.25, 0.3) is 45.0 Å². The number of carbonyl (C=O) groups excluding carboxylic acids is 4. The molecule has 12 aromatic rings. The first kappa shape index (κ1) is 79.2. The van der Waals surface area contributed by atoms with E-state index in [1.165, 1.54) is 25.4 Å². The summed E-state index contributed by atoms with van der Waals surface area (Å²) in [6, 6.07) is 49.2. The van der Waals surface area contributed by atoms with Gasteiger partial charge in [-0.25, -0.2) is 70.6 Å². The maximum atomic E-state index is 13.7. The molecule has 0 aliphatic carbocycles. The van der Waals surface area contributed by atoms with Crippen LogP contribution in [0.1, 0.15) is 72.1 Å². The molecule has 12 rings (SSSR count). The van der Waals surface area contributed by atoms with Gasteiger partial charge in [0.25, 0.3) is 5.91 Å². The van der Waals surface area contributed by atoms with Crippen molar-refractivity contribution >= 4 is 69.5 Å². The van der Waals surface area contributed by atoms with Crippen LogP contribution < -0.4 is 21.3 Å². The van der Waals surface area contributed by atoms with Gasteiger partial charge in [0.1, 0.15) is 0 Å². The molecular formula is C79H66F7IN12O8. The number of hydrogen-bond donors (Lipinski definition) is 8. The van der Waals surface area contributed by atoms with Crippen molar-refractivity contribution in [1.82, 2.24) is 39.9 Å². The van der Waals surface area contributed by atoms with Crippen molar-refractivity contribution in [3.05, 3.63) is 306 Å². The van der Waals surface area contributed by atoms with Crippen molar-refractivity contribution in [2.24, 2.45) is 0 Å². The number of aromatic nitrogens is 8. The minimum atomic E-state index is -2.29. The van der Waals surface area contributed by atoms with Crippen LogP contribution in [0.4, 0.5) is 54.0 Å². The van der Waals surface area contributed by atoms with Crippen LogP contribution in [0.15, 0.2) is 195 Å². The number of hydrogen-bond acceptors (Lipinski definition) is 16. The van der Waals surface area contributed by atoms with Crippen molar-refractivity contribution in [3.63, 3.8) is 0 Å². The van der Waals surface area contributed by atoms with Gasteiger partial charge in [0.15, 0.2) is 58.2 Å². The highest BCUT2D eigenvalue weighted by Crippen LogP contribution is 2.28. The summed E-state index contributed by atoms with van der Waals surface area (Å²) in [5.74, 6) is -13.2. The van der Waals surface area contributed by atoms with Crippen molar-refractivity contribution in [2.75, 3.05) is 21.3 Å². The summed E-state index contributed by atoms with van der Waals surface area (Å²) in [5, 5.41) is 46.8. The Morgan fingerprint density at radius 2 is 0.645 bits per heavy atom. The highest BCUT2D eigenvalue weighted by atomic mass is 127. The van der Waals surface area contributed by atoms with E-state index in [0.29, 0.717) is 74.6 Å². The molecule has 0 fully saturated rings. The second kappa shape index (κ2) is 37.7. The van der Waals surface area contributed by atoms with Crippen LogP contribution in [0.5, 0.6) is 0 Å². The molecule has 0 aliphatic rings. The molecule has 28 heteroatoms. The summed E-state index contributed by atoms with van der Waals surface area (Å²) >= 11 is 2.23. The van der Waals surface area contributed by atoms with Crippen LogP contribution in [0.3, 0.4) is 0 Å². The number of anilines is 4. The topological polar surface area (TPSA) is 300 Å². The molecule has 0 saturated heterocycles. The lowest BCUT2D eigenvalue weighted by Crippen LogP contribution is -2.19. The molecule has 0 bridgehead atoms. The number of amides is 4. The van der Waals surface area contributed by atoms with Crippen LogP contribution in [0, 0.1) is 72.0 Å². The van der Waals surface area contributed by atoms with E-state index in [0.717, 1.165) is 66.0 Å². The Bertz CT molecular complexity index is 5110. The Morgan fingerprint density at radius 3 is 0.972 bits per heavy atom. The monoisotopic (exact) mass is 1570 g/mol. The molecule has 0 saturated carbocycles. The van der Waals surface area contributed by atoms with Crippen molar-refractivity contribution in [3.8, 4) is 45.0 Å². The summed E-state index contributed by atoms with van der Waals surface area (Å²) in [5.41, 5.74) is 11.8. The number of carbonyl (C=O) groups is 4. The molecule has 8 aromatic carbocycles. The van der Waals surface area contributed by atoms with Gasteiger partial charge in [-0.1, -0.05) is 133 Å². The van der Waals surface area contributed by atoms with E-state index >= 15 is 0 Å². The van der Waals surface area contributed by atoms with E-state index in [1.807, 2.05) is 110 Å². The van der Waals surface area contributed by atoms with Crippen molar-refractivity contribution < 1.29 is 70.3 Å². The standard InChI is InChI=1S/C20H14F5N3O2.C20H17F2N3O2.C20H18IN3O2.C19H17N3O2/c1-9-20(26-7-13(27-9)11-4-2-10(8-29)3-5-11)28-14(30)6-12-15(21)17(23)19(25)18(24)16(12)22;1-12-20(25-19(27)9-14-4-7-16(21)17(22)8-14)23-10-18(24-12)15-5-2-13(11-26)3-6-15;1-13-20(24-19(26)10-14-4-8-17(21)9-5-14)22-11-18(23-13)16-6-2-15(12-25)3-7-16;1-13-18(22-19(24)16-5-3-2-4-6-16)20-11-17(21-13)15-9-7-14(12-23)8-10-15/h2-5,7,29H,6,8H2,1H3,(H,26,28,30);2-8,10,26H,9,11H2,1H3,(H,23,25,27);2-9,11,25H,10,12H2,1H3,(H,22,24,26);2-11,23H,12H2,1H3,(H,20,22,24). The average Bonchev–Trinajstić information content (AvgIpc) is 0.798. The minimum absolute atomic E-state index is 0.00937. The average molecular weight is 1570 g/mol. The summed E-state index contributed by atoms with van der Waals surface area (Å²) in [4.78, 5) is 83.3. The smallest absolute Gasteiger partial charge is 0.256 e. The van der Waals surface area contributed by atoms with Crippen molar-refractivity contribution in [2.45, 2.75) is 73.4 Å². The first-order valence-electron chi connectivity index (χ1n) is 32.5. The second-order valence-electron chi connectivity index (χ2n) is 23.6. The third-order valence-corrected chi connectivity index (χ3v) is 16.5. The van der Waals surface area contributed by atoms with Gasteiger partial charge in [-0.3, -0.25) is 19.2 Å². The fourth-order valence-electron chi connectivity index (χ4n) is 9.98. The van der Waals surface area contributed by atoms with Gasteiger partial charge >= 0.3 is 0 Å². The SMILES string of the molecule is Cc1nc(-c2ccc(CO)cc2)cnc1NC(=O)Cc1c(F)c(F)c(F)c(F)c1F.Cc1nc(-c2ccc(CO)cc2)cnc1NC(=O)Cc1ccc(F)c(F)c1.Cc1nc(-c2ccc(CO)cc2)cnc1NC(=O)Cc1ccc(I)cc1.Cc1nc(-c2ccc(CO)cc2)cnc1NC(=O)c1ccccc1. The third kappa shape index (κ3) is 21.8. The van der Waals surface area contributed by atoms with Gasteiger partial charge in [-0.15, -0.1) is 0 Å². The molecule has 0 spiro atoms. The third-order valence-electron chi connectivity index (χ3n) is 15.8. The maximum absolute atomic E-state index is 13.7. The Balaban J connectivity index is 0.000000165. The zero-order valence-electron chi connectivity index (χ0n) is 57.4. The van der Waals surface area contributed by atoms with Gasteiger partial charge in [0, 0.05) is 37.0 Å². The number of nitrogens with zero attached hydrogens (tertiary/aromatic N) is 8. The highest BCUT2D eigenvalue weighted by molar-refractivity contribution is 14.1. The lowest BCUT2D eigenvalue weighted by molar-refractivity contribution is -0.116. The van der Waals surface area contributed by atoms with Crippen LogP contribution >= 0.6 is 22.6 Å². The van der Waals surface area contributed by atoms with E-state index in [9.17, 15) is 49.9 Å².